The van der Waals surface area contributed by atoms with E-state index < -0.39 is 5.41 Å². The number of carbonyl (C=O) groups excluding carboxylic acids is 2. The number of amides is 2. The van der Waals surface area contributed by atoms with Crippen LogP contribution in [0.2, 0.25) is 0 Å². The van der Waals surface area contributed by atoms with E-state index in [1.165, 1.54) is 0 Å². The van der Waals surface area contributed by atoms with Crippen molar-refractivity contribution in [1.29, 1.82) is 0 Å². The Kier molecular flexibility index (Phi) is 5.25. The standard InChI is InChI=1S/C19H28N4O2/c1-3-4-11-21(2)17(24)19(8-9-19)18(25)23-14-12-22(13-15-23)16-7-5-6-10-20-16/h5-7,10H,3-4,8-9,11-15H2,1-2H3. The minimum atomic E-state index is -0.768. The number of anilines is 1. The highest BCUT2D eigenvalue weighted by Gasteiger charge is 2.59. The third kappa shape index (κ3) is 3.62. The number of carbonyl (C=O) groups is 2. The van der Waals surface area contributed by atoms with E-state index in [1.807, 2.05) is 30.1 Å². The van der Waals surface area contributed by atoms with Crippen molar-refractivity contribution in [2.75, 3.05) is 44.7 Å². The van der Waals surface area contributed by atoms with Crippen LogP contribution in [0.15, 0.2) is 24.4 Å². The number of rotatable bonds is 6. The molecule has 0 atom stereocenters. The van der Waals surface area contributed by atoms with E-state index in [1.54, 1.807) is 11.1 Å². The van der Waals surface area contributed by atoms with Crippen LogP contribution in [0.1, 0.15) is 32.6 Å². The third-order valence-electron chi connectivity index (χ3n) is 5.30. The zero-order chi connectivity index (χ0) is 17.9. The van der Waals surface area contributed by atoms with E-state index >= 15 is 0 Å². The van der Waals surface area contributed by atoms with Crippen LogP contribution in [0, 0.1) is 5.41 Å². The van der Waals surface area contributed by atoms with Gasteiger partial charge in [0.25, 0.3) is 0 Å². The summed E-state index contributed by atoms with van der Waals surface area (Å²) in [7, 11) is 1.82. The molecule has 0 bridgehead atoms. The summed E-state index contributed by atoms with van der Waals surface area (Å²) in [5.74, 6) is 0.991. The van der Waals surface area contributed by atoms with Crippen LogP contribution in [0.25, 0.3) is 0 Å². The van der Waals surface area contributed by atoms with Crippen LogP contribution in [-0.4, -0.2) is 66.4 Å². The second-order valence-corrected chi connectivity index (χ2v) is 7.13. The number of nitrogens with zero attached hydrogens (tertiary/aromatic N) is 4. The molecule has 2 amide bonds. The number of unbranched alkanes of at least 4 members (excludes halogenated alkanes) is 1. The second kappa shape index (κ2) is 7.42. The molecule has 2 heterocycles. The molecule has 0 radical (unpaired) electrons. The average molecular weight is 344 g/mol. The fraction of sp³-hybridized carbons (Fsp3) is 0.632. The van der Waals surface area contributed by atoms with Crippen LogP contribution in [0.3, 0.4) is 0 Å². The first-order valence-corrected chi connectivity index (χ1v) is 9.29. The van der Waals surface area contributed by atoms with Crippen molar-refractivity contribution in [2.45, 2.75) is 32.6 Å². The molecule has 0 aromatic carbocycles. The molecule has 1 aromatic heterocycles. The first kappa shape index (κ1) is 17.7. The lowest BCUT2D eigenvalue weighted by Crippen LogP contribution is -2.53. The third-order valence-corrected chi connectivity index (χ3v) is 5.30. The number of pyridine rings is 1. The summed E-state index contributed by atoms with van der Waals surface area (Å²) in [6.07, 6.45) is 5.21. The molecule has 6 heteroatoms. The molecule has 25 heavy (non-hydrogen) atoms. The highest BCUT2D eigenvalue weighted by atomic mass is 16.2. The molecule has 1 aliphatic carbocycles. The minimum Gasteiger partial charge on any atom is -0.353 e. The smallest absolute Gasteiger partial charge is 0.238 e. The van der Waals surface area contributed by atoms with Crippen molar-refractivity contribution in [1.82, 2.24) is 14.8 Å². The summed E-state index contributed by atoms with van der Waals surface area (Å²) in [4.78, 5) is 35.9. The van der Waals surface area contributed by atoms with Crippen molar-refractivity contribution in [2.24, 2.45) is 5.41 Å². The molecular formula is C19H28N4O2. The maximum Gasteiger partial charge on any atom is 0.238 e. The van der Waals surface area contributed by atoms with Gasteiger partial charge >= 0.3 is 0 Å². The Labute approximate surface area is 149 Å². The molecule has 6 nitrogen and oxygen atoms in total. The lowest BCUT2D eigenvalue weighted by Gasteiger charge is -2.37. The molecule has 2 fully saturated rings. The van der Waals surface area contributed by atoms with Gasteiger partial charge in [0.1, 0.15) is 11.2 Å². The predicted octanol–water partition coefficient (Wildman–Crippen LogP) is 1.77. The monoisotopic (exact) mass is 344 g/mol. The minimum absolute atomic E-state index is 0.0121. The maximum absolute atomic E-state index is 13.0. The van der Waals surface area contributed by atoms with Crippen molar-refractivity contribution >= 4 is 17.6 Å². The molecule has 0 unspecified atom stereocenters. The van der Waals surface area contributed by atoms with Gasteiger partial charge in [0, 0.05) is 46.0 Å². The summed E-state index contributed by atoms with van der Waals surface area (Å²) in [5, 5.41) is 0. The Morgan fingerprint density at radius 3 is 2.48 bits per heavy atom. The molecule has 0 N–H and O–H groups in total. The molecule has 2 aliphatic rings. The lowest BCUT2D eigenvalue weighted by atomic mass is 10.0. The van der Waals surface area contributed by atoms with Gasteiger partial charge in [-0.3, -0.25) is 9.59 Å². The van der Waals surface area contributed by atoms with Gasteiger partial charge in [0.05, 0.1) is 0 Å². The molecule has 0 spiro atoms. The van der Waals surface area contributed by atoms with Crippen LogP contribution in [-0.2, 0) is 9.59 Å². The molecule has 1 aromatic rings. The molecule has 3 rings (SSSR count). The zero-order valence-electron chi connectivity index (χ0n) is 15.3. The van der Waals surface area contributed by atoms with E-state index in [2.05, 4.69) is 16.8 Å². The summed E-state index contributed by atoms with van der Waals surface area (Å²) < 4.78 is 0. The number of aromatic nitrogens is 1. The zero-order valence-corrected chi connectivity index (χ0v) is 15.3. The van der Waals surface area contributed by atoms with Gasteiger partial charge in [-0.25, -0.2) is 4.98 Å². The summed E-state index contributed by atoms with van der Waals surface area (Å²) in [6, 6.07) is 5.87. The fourth-order valence-corrected chi connectivity index (χ4v) is 3.49. The van der Waals surface area contributed by atoms with E-state index in [9.17, 15) is 9.59 Å². The molecule has 136 valence electrons. The molecular weight excluding hydrogens is 316 g/mol. The van der Waals surface area contributed by atoms with E-state index in [0.717, 1.165) is 38.3 Å². The Morgan fingerprint density at radius 2 is 1.92 bits per heavy atom. The summed E-state index contributed by atoms with van der Waals surface area (Å²) in [6.45, 7) is 5.68. The highest BCUT2D eigenvalue weighted by molar-refractivity contribution is 6.07. The van der Waals surface area contributed by atoms with Crippen LogP contribution < -0.4 is 4.90 Å². The highest BCUT2D eigenvalue weighted by Crippen LogP contribution is 2.48. The first-order valence-electron chi connectivity index (χ1n) is 9.29. The van der Waals surface area contributed by atoms with Crippen molar-refractivity contribution in [3.05, 3.63) is 24.4 Å². The second-order valence-electron chi connectivity index (χ2n) is 7.13. The van der Waals surface area contributed by atoms with Crippen LogP contribution in [0.4, 0.5) is 5.82 Å². The van der Waals surface area contributed by atoms with Gasteiger partial charge < -0.3 is 14.7 Å². The van der Waals surface area contributed by atoms with Gasteiger partial charge in [-0.15, -0.1) is 0 Å². The van der Waals surface area contributed by atoms with Crippen LogP contribution in [0.5, 0.6) is 0 Å². The Bertz CT molecular complexity index is 607. The van der Waals surface area contributed by atoms with Gasteiger partial charge in [-0.05, 0) is 31.4 Å². The van der Waals surface area contributed by atoms with E-state index in [0.29, 0.717) is 25.9 Å². The van der Waals surface area contributed by atoms with Crippen molar-refractivity contribution < 1.29 is 9.59 Å². The number of hydrogen-bond donors (Lipinski definition) is 0. The number of piperazine rings is 1. The molecule has 1 aliphatic heterocycles. The Morgan fingerprint density at radius 1 is 1.20 bits per heavy atom. The first-order chi connectivity index (χ1) is 12.1. The lowest BCUT2D eigenvalue weighted by molar-refractivity contribution is -0.149. The van der Waals surface area contributed by atoms with Gasteiger partial charge in [-0.1, -0.05) is 19.4 Å². The normalized spacial score (nSPS) is 18.8. The van der Waals surface area contributed by atoms with Gasteiger partial charge in [-0.2, -0.15) is 0 Å². The largest absolute Gasteiger partial charge is 0.353 e. The van der Waals surface area contributed by atoms with Gasteiger partial charge in [0.15, 0.2) is 0 Å². The van der Waals surface area contributed by atoms with Gasteiger partial charge in [0.2, 0.25) is 11.8 Å². The molecule has 1 saturated carbocycles. The maximum atomic E-state index is 13.0. The van der Waals surface area contributed by atoms with E-state index in [4.69, 9.17) is 0 Å². The Balaban J connectivity index is 1.58. The summed E-state index contributed by atoms with van der Waals surface area (Å²) >= 11 is 0. The predicted molar refractivity (Wildman–Crippen MR) is 97.2 cm³/mol. The average Bonchev–Trinajstić information content (AvgIpc) is 3.47. The van der Waals surface area contributed by atoms with Crippen LogP contribution >= 0.6 is 0 Å². The topological polar surface area (TPSA) is 56.8 Å². The van der Waals surface area contributed by atoms with Crippen molar-refractivity contribution in [3.8, 4) is 0 Å². The molecule has 1 saturated heterocycles. The SMILES string of the molecule is CCCCN(C)C(=O)C1(C(=O)N2CCN(c3ccccn3)CC2)CC1. The van der Waals surface area contributed by atoms with E-state index in [-0.39, 0.29) is 11.8 Å². The summed E-state index contributed by atoms with van der Waals surface area (Å²) in [5.41, 5.74) is -0.768. The van der Waals surface area contributed by atoms with Crippen molar-refractivity contribution in [3.63, 3.8) is 0 Å². The fourth-order valence-electron chi connectivity index (χ4n) is 3.49. The number of hydrogen-bond acceptors (Lipinski definition) is 4. The Hall–Kier alpha value is -2.11. The quantitative estimate of drug-likeness (QED) is 0.738.